The summed E-state index contributed by atoms with van der Waals surface area (Å²) in [4.78, 5) is 6.84. The van der Waals surface area contributed by atoms with Gasteiger partial charge < -0.3 is 13.9 Å². The first-order valence-electron chi connectivity index (χ1n) is 18.6. The Morgan fingerprint density at radius 2 is 1.05 bits per heavy atom. The van der Waals surface area contributed by atoms with Crippen LogP contribution in [-0.4, -0.2) is 9.55 Å². The van der Waals surface area contributed by atoms with Crippen LogP contribution in [0.1, 0.15) is 0 Å². The summed E-state index contributed by atoms with van der Waals surface area (Å²) < 4.78 is 8.58. The van der Waals surface area contributed by atoms with E-state index in [-0.39, 0.29) is 0 Å². The Bertz CT molecular complexity index is 3160. The van der Waals surface area contributed by atoms with Crippen molar-refractivity contribution < 1.29 is 4.42 Å². The molecule has 11 rings (SSSR count). The van der Waals surface area contributed by atoms with Crippen LogP contribution >= 0.6 is 0 Å². The normalized spacial score (nSPS) is 11.6. The summed E-state index contributed by atoms with van der Waals surface area (Å²) >= 11 is 0. The van der Waals surface area contributed by atoms with E-state index in [0.29, 0.717) is 0 Å². The van der Waals surface area contributed by atoms with Gasteiger partial charge >= 0.3 is 0 Å². The molecule has 0 aliphatic rings. The molecule has 0 fully saturated rings. The molecule has 0 radical (unpaired) electrons. The number of hydrogen-bond acceptors (Lipinski definition) is 3. The Labute approximate surface area is 317 Å². The van der Waals surface area contributed by atoms with Crippen molar-refractivity contribution in [2.75, 3.05) is 4.90 Å². The topological polar surface area (TPSA) is 34.2 Å². The van der Waals surface area contributed by atoms with E-state index in [1.807, 2.05) is 18.2 Å². The number of aromatic nitrogens is 2. The average molecular weight is 704 g/mol. The molecule has 0 N–H and O–H groups in total. The van der Waals surface area contributed by atoms with Gasteiger partial charge in [0.25, 0.3) is 0 Å². The number of fused-ring (bicyclic) bond motifs is 6. The van der Waals surface area contributed by atoms with E-state index < -0.39 is 0 Å². The summed E-state index contributed by atoms with van der Waals surface area (Å²) in [6, 6.07) is 69.4. The van der Waals surface area contributed by atoms with Crippen LogP contribution in [0, 0.1) is 0 Å². The number of pyridine rings is 1. The maximum absolute atomic E-state index is 6.19. The van der Waals surface area contributed by atoms with E-state index in [0.717, 1.165) is 45.2 Å². The molecule has 0 unspecified atom stereocenters. The molecule has 55 heavy (non-hydrogen) atoms. The van der Waals surface area contributed by atoms with Crippen molar-refractivity contribution in [3.05, 3.63) is 200 Å². The lowest BCUT2D eigenvalue weighted by Gasteiger charge is -2.26. The molecule has 11 aromatic rings. The van der Waals surface area contributed by atoms with Crippen molar-refractivity contribution in [2.45, 2.75) is 0 Å². The summed E-state index contributed by atoms with van der Waals surface area (Å²) in [5.41, 5.74) is 11.8. The zero-order chi connectivity index (χ0) is 36.3. The fraction of sp³-hybridized carbons (Fsp3) is 0. The summed E-state index contributed by atoms with van der Waals surface area (Å²) in [5, 5.41) is 7.26. The fourth-order valence-corrected chi connectivity index (χ4v) is 8.10. The Balaban J connectivity index is 1.10. The van der Waals surface area contributed by atoms with Crippen molar-refractivity contribution in [3.8, 4) is 28.1 Å². The molecule has 0 spiro atoms. The number of anilines is 3. The van der Waals surface area contributed by atoms with E-state index in [2.05, 4.69) is 190 Å². The highest BCUT2D eigenvalue weighted by Crippen LogP contribution is 2.42. The SMILES string of the molecule is c1ccc(-c2ccc3cc(N(c4ccc(-c5cc6ncccc6o5)cc4)c4ccc5c(c4)c4cc6ccccc6cc4n5-c4ccccc4)ccc3c2)cc1. The minimum absolute atomic E-state index is 0.783. The number of rotatable bonds is 6. The number of benzene rings is 8. The standard InChI is InChI=1S/C51H33N3O/c1-3-10-34(11-4-1)38-17-18-40-29-43(24-21-39(40)28-38)53(42-22-19-35(20-23-42)51-33-47-50(55-51)16-9-27-52-47)44-25-26-48-46(32-44)45-30-36-12-7-8-13-37(36)31-49(45)54(48)41-14-5-2-6-15-41/h1-33H. The second kappa shape index (κ2) is 12.6. The van der Waals surface area contributed by atoms with E-state index in [1.165, 1.54) is 54.5 Å². The summed E-state index contributed by atoms with van der Waals surface area (Å²) in [6.45, 7) is 0. The van der Waals surface area contributed by atoms with Gasteiger partial charge in [-0.25, -0.2) is 0 Å². The molecule has 0 aliphatic heterocycles. The molecular weight excluding hydrogens is 671 g/mol. The van der Waals surface area contributed by atoms with Gasteiger partial charge in [0, 0.05) is 51.3 Å². The van der Waals surface area contributed by atoms with Gasteiger partial charge in [-0.2, -0.15) is 0 Å². The third kappa shape index (κ3) is 5.34. The largest absolute Gasteiger partial charge is 0.454 e. The Morgan fingerprint density at radius 3 is 1.87 bits per heavy atom. The van der Waals surface area contributed by atoms with Gasteiger partial charge in [0.05, 0.1) is 11.0 Å². The summed E-state index contributed by atoms with van der Waals surface area (Å²) in [7, 11) is 0. The predicted octanol–water partition coefficient (Wildman–Crippen LogP) is 14.0. The van der Waals surface area contributed by atoms with E-state index in [4.69, 9.17) is 4.42 Å². The lowest BCUT2D eigenvalue weighted by atomic mass is 10.0. The molecule has 8 aromatic carbocycles. The molecule has 0 saturated heterocycles. The molecule has 0 atom stereocenters. The van der Waals surface area contributed by atoms with Gasteiger partial charge in [0.15, 0.2) is 5.58 Å². The van der Waals surface area contributed by atoms with Crippen LogP contribution < -0.4 is 4.90 Å². The molecular formula is C51H33N3O. The molecule has 4 nitrogen and oxygen atoms in total. The van der Waals surface area contributed by atoms with E-state index in [9.17, 15) is 0 Å². The Kier molecular flexibility index (Phi) is 7.14. The van der Waals surface area contributed by atoms with Crippen molar-refractivity contribution >= 4 is 71.5 Å². The van der Waals surface area contributed by atoms with Crippen LogP contribution in [0.4, 0.5) is 17.1 Å². The van der Waals surface area contributed by atoms with Crippen LogP contribution in [0.5, 0.6) is 0 Å². The third-order valence-electron chi connectivity index (χ3n) is 10.8. The highest BCUT2D eigenvalue weighted by molar-refractivity contribution is 6.14. The van der Waals surface area contributed by atoms with Gasteiger partial charge in [-0.1, -0.05) is 91.0 Å². The predicted molar refractivity (Wildman–Crippen MR) is 229 cm³/mol. The minimum Gasteiger partial charge on any atom is -0.454 e. The number of furan rings is 1. The second-order valence-corrected chi connectivity index (χ2v) is 14.1. The Hall–Kier alpha value is -7.43. The average Bonchev–Trinajstić information content (AvgIpc) is 3.83. The number of hydrogen-bond donors (Lipinski definition) is 0. The van der Waals surface area contributed by atoms with Crippen LogP contribution in [0.3, 0.4) is 0 Å². The monoisotopic (exact) mass is 703 g/mol. The van der Waals surface area contributed by atoms with Crippen LogP contribution in [0.2, 0.25) is 0 Å². The van der Waals surface area contributed by atoms with Gasteiger partial charge in [-0.15, -0.1) is 0 Å². The van der Waals surface area contributed by atoms with Gasteiger partial charge in [-0.3, -0.25) is 4.98 Å². The molecule has 0 bridgehead atoms. The smallest absolute Gasteiger partial charge is 0.153 e. The quantitative estimate of drug-likeness (QED) is 0.173. The maximum atomic E-state index is 6.19. The van der Waals surface area contributed by atoms with E-state index in [1.54, 1.807) is 6.20 Å². The first-order chi connectivity index (χ1) is 27.2. The van der Waals surface area contributed by atoms with Crippen LogP contribution in [0.15, 0.2) is 205 Å². The van der Waals surface area contributed by atoms with E-state index >= 15 is 0 Å². The van der Waals surface area contributed by atoms with Gasteiger partial charge in [-0.05, 0) is 130 Å². The molecule has 3 heterocycles. The first kappa shape index (κ1) is 31.1. The maximum Gasteiger partial charge on any atom is 0.153 e. The van der Waals surface area contributed by atoms with Crippen molar-refractivity contribution in [3.63, 3.8) is 0 Å². The molecule has 3 aromatic heterocycles. The van der Waals surface area contributed by atoms with Crippen LogP contribution in [-0.2, 0) is 0 Å². The van der Waals surface area contributed by atoms with Crippen molar-refractivity contribution in [1.82, 2.24) is 9.55 Å². The second-order valence-electron chi connectivity index (χ2n) is 14.1. The highest BCUT2D eigenvalue weighted by atomic mass is 16.3. The third-order valence-corrected chi connectivity index (χ3v) is 10.8. The lowest BCUT2D eigenvalue weighted by molar-refractivity contribution is 0.631. The molecule has 4 heteroatoms. The van der Waals surface area contributed by atoms with Crippen LogP contribution in [0.25, 0.3) is 82.6 Å². The molecule has 0 aliphatic carbocycles. The first-order valence-corrected chi connectivity index (χ1v) is 18.6. The van der Waals surface area contributed by atoms with Crippen molar-refractivity contribution in [1.29, 1.82) is 0 Å². The Morgan fingerprint density at radius 1 is 0.418 bits per heavy atom. The fourth-order valence-electron chi connectivity index (χ4n) is 8.10. The lowest BCUT2D eigenvalue weighted by Crippen LogP contribution is -2.10. The number of nitrogens with zero attached hydrogens (tertiary/aromatic N) is 3. The highest BCUT2D eigenvalue weighted by Gasteiger charge is 2.19. The summed E-state index contributed by atoms with van der Waals surface area (Å²) in [5.74, 6) is 0.800. The van der Waals surface area contributed by atoms with Gasteiger partial charge in [0.2, 0.25) is 0 Å². The molecule has 258 valence electrons. The zero-order valence-corrected chi connectivity index (χ0v) is 29.8. The van der Waals surface area contributed by atoms with Crippen molar-refractivity contribution in [2.24, 2.45) is 0 Å². The number of para-hydroxylation sites is 1. The molecule has 0 amide bonds. The minimum atomic E-state index is 0.783. The summed E-state index contributed by atoms with van der Waals surface area (Å²) in [6.07, 6.45) is 1.80. The molecule has 0 saturated carbocycles. The van der Waals surface area contributed by atoms with Gasteiger partial charge in [0.1, 0.15) is 11.3 Å². The zero-order valence-electron chi connectivity index (χ0n) is 29.8.